The van der Waals surface area contributed by atoms with Crippen LogP contribution < -0.4 is 5.73 Å². The fraction of sp³-hybridized carbons (Fsp3) is 0.472. The summed E-state index contributed by atoms with van der Waals surface area (Å²) in [5.74, 6) is 5.30. The van der Waals surface area contributed by atoms with Gasteiger partial charge in [-0.2, -0.15) is 5.10 Å². The highest BCUT2D eigenvalue weighted by Crippen LogP contribution is 2.31. The molecule has 10 nitrogen and oxygen atoms in total. The SMILES string of the molecule is Cc1nn(CCCCCCC#Cc2cccc3c2CN(C2CCC(=O)N(COCC[Si](C)(C)C)C2=O)C3=O)c2cc(C(N)=O)ccc12. The van der Waals surface area contributed by atoms with Gasteiger partial charge in [0.1, 0.15) is 12.8 Å². The number of unbranched alkanes of at least 4 members (excludes halogenated alkanes) is 4. The van der Waals surface area contributed by atoms with E-state index in [9.17, 15) is 19.2 Å². The predicted molar refractivity (Wildman–Crippen MR) is 183 cm³/mol. The predicted octanol–water partition coefficient (Wildman–Crippen LogP) is 5.23. The third-order valence-corrected chi connectivity index (χ3v) is 10.6. The van der Waals surface area contributed by atoms with Crippen LogP contribution in [0.25, 0.3) is 10.9 Å². The van der Waals surface area contributed by atoms with Crippen molar-refractivity contribution in [3.8, 4) is 11.8 Å². The van der Waals surface area contributed by atoms with E-state index in [1.165, 1.54) is 4.90 Å². The number of imide groups is 1. The van der Waals surface area contributed by atoms with E-state index in [0.29, 0.717) is 30.7 Å². The van der Waals surface area contributed by atoms with Crippen molar-refractivity contribution in [2.75, 3.05) is 13.3 Å². The average molecular weight is 656 g/mol. The molecule has 2 aliphatic rings. The Labute approximate surface area is 277 Å². The molecule has 0 spiro atoms. The molecule has 1 fully saturated rings. The van der Waals surface area contributed by atoms with Crippen LogP contribution in [0, 0.1) is 18.8 Å². The van der Waals surface area contributed by atoms with Crippen molar-refractivity contribution in [3.05, 3.63) is 64.3 Å². The van der Waals surface area contributed by atoms with Gasteiger partial charge >= 0.3 is 0 Å². The number of likely N-dealkylation sites (tertiary alicyclic amines) is 1. The highest BCUT2D eigenvalue weighted by Gasteiger charge is 2.43. The van der Waals surface area contributed by atoms with E-state index in [2.05, 4.69) is 36.6 Å². The topological polar surface area (TPSA) is 128 Å². The highest BCUT2D eigenvalue weighted by molar-refractivity contribution is 6.76. The smallest absolute Gasteiger partial charge is 0.255 e. The second-order valence-electron chi connectivity index (χ2n) is 13.7. The molecule has 0 aliphatic carbocycles. The van der Waals surface area contributed by atoms with E-state index in [-0.39, 0.29) is 30.9 Å². The molecule has 0 radical (unpaired) electrons. The van der Waals surface area contributed by atoms with Gasteiger partial charge in [-0.1, -0.05) is 56.5 Å². The van der Waals surface area contributed by atoms with Crippen molar-refractivity contribution in [1.29, 1.82) is 0 Å². The number of piperidine rings is 1. The monoisotopic (exact) mass is 655 g/mol. The number of fused-ring (bicyclic) bond motifs is 2. The summed E-state index contributed by atoms with van der Waals surface area (Å²) in [5, 5.41) is 5.68. The number of amides is 4. The molecule has 47 heavy (non-hydrogen) atoms. The second-order valence-corrected chi connectivity index (χ2v) is 19.3. The minimum absolute atomic E-state index is 0.0675. The lowest BCUT2D eigenvalue weighted by atomic mass is 10.0. The Morgan fingerprint density at radius 3 is 2.64 bits per heavy atom. The molecule has 1 atom stereocenters. The summed E-state index contributed by atoms with van der Waals surface area (Å²) < 4.78 is 7.68. The third-order valence-electron chi connectivity index (χ3n) is 8.94. The van der Waals surface area contributed by atoms with Gasteiger partial charge in [0, 0.05) is 62.7 Å². The molecule has 3 aromatic rings. The van der Waals surface area contributed by atoms with Gasteiger partial charge in [-0.05, 0) is 62.1 Å². The molecule has 248 valence electrons. The number of hydrogen-bond donors (Lipinski definition) is 1. The molecule has 2 aromatic carbocycles. The van der Waals surface area contributed by atoms with Crippen molar-refractivity contribution in [3.63, 3.8) is 0 Å². The van der Waals surface area contributed by atoms with Crippen molar-refractivity contribution < 1.29 is 23.9 Å². The van der Waals surface area contributed by atoms with Crippen molar-refractivity contribution >= 4 is 42.6 Å². The van der Waals surface area contributed by atoms with E-state index in [4.69, 9.17) is 10.5 Å². The quantitative estimate of drug-likeness (QED) is 0.116. The van der Waals surface area contributed by atoms with Crippen LogP contribution in [0.2, 0.25) is 25.7 Å². The maximum Gasteiger partial charge on any atom is 0.255 e. The van der Waals surface area contributed by atoms with Crippen LogP contribution in [0.5, 0.6) is 0 Å². The fourth-order valence-corrected chi connectivity index (χ4v) is 6.91. The molecule has 2 N–H and O–H groups in total. The highest BCUT2D eigenvalue weighted by atomic mass is 28.3. The largest absolute Gasteiger partial charge is 0.366 e. The summed E-state index contributed by atoms with van der Waals surface area (Å²) in [6.45, 7) is 10.2. The number of carbonyl (C=O) groups is 4. The first-order valence-electron chi connectivity index (χ1n) is 16.6. The molecule has 4 amide bonds. The molecule has 5 rings (SSSR count). The maximum absolute atomic E-state index is 13.4. The maximum atomic E-state index is 13.4. The van der Waals surface area contributed by atoms with Crippen molar-refractivity contribution in [2.24, 2.45) is 5.73 Å². The van der Waals surface area contributed by atoms with Gasteiger partial charge in [-0.3, -0.25) is 28.8 Å². The van der Waals surface area contributed by atoms with Crippen LogP contribution in [0.15, 0.2) is 36.4 Å². The summed E-state index contributed by atoms with van der Waals surface area (Å²) in [4.78, 5) is 53.8. The first kappa shape index (κ1) is 34.1. The van der Waals surface area contributed by atoms with E-state index >= 15 is 0 Å². The van der Waals surface area contributed by atoms with Gasteiger partial charge in [0.15, 0.2) is 0 Å². The first-order chi connectivity index (χ1) is 22.4. The van der Waals surface area contributed by atoms with E-state index in [0.717, 1.165) is 72.4 Å². The van der Waals surface area contributed by atoms with E-state index in [1.54, 1.807) is 17.0 Å². The Morgan fingerprint density at radius 1 is 1.09 bits per heavy atom. The molecule has 2 aliphatic heterocycles. The Bertz CT molecular complexity index is 1750. The molecular weight excluding hydrogens is 611 g/mol. The molecular formula is C36H45N5O5Si. The van der Waals surface area contributed by atoms with Gasteiger partial charge < -0.3 is 15.4 Å². The number of aryl methyl sites for hydroxylation is 2. The minimum atomic E-state index is -1.30. The van der Waals surface area contributed by atoms with Crippen LogP contribution >= 0.6 is 0 Å². The van der Waals surface area contributed by atoms with Crippen LogP contribution in [-0.2, 0) is 27.4 Å². The number of carbonyl (C=O) groups excluding carboxylic acids is 4. The standard InChI is InChI=1S/C36H45N5O5Si/c1-25-28-16-15-27(34(37)43)22-32(28)41(38-25)19-10-8-6-5-7-9-12-26-13-11-14-29-30(26)23-39(35(29)44)31-17-18-33(42)40(36(31)45)24-46-20-21-47(2,3)4/h11,13-16,22,31H,5-8,10,17-21,23-24H2,1-4H3,(H2,37,43). The number of aromatic nitrogens is 2. The molecule has 1 aromatic heterocycles. The van der Waals surface area contributed by atoms with Crippen LogP contribution in [0.1, 0.15) is 82.5 Å². The van der Waals surface area contributed by atoms with Gasteiger partial charge in [0.05, 0.1) is 11.2 Å². The zero-order valence-electron chi connectivity index (χ0n) is 27.9. The molecule has 3 heterocycles. The van der Waals surface area contributed by atoms with Crippen molar-refractivity contribution in [1.82, 2.24) is 19.6 Å². The first-order valence-corrected chi connectivity index (χ1v) is 20.3. The third kappa shape index (κ3) is 8.00. The molecule has 1 saturated heterocycles. The second kappa shape index (κ2) is 14.7. The minimum Gasteiger partial charge on any atom is -0.366 e. The fourth-order valence-electron chi connectivity index (χ4n) is 6.15. The van der Waals surface area contributed by atoms with Gasteiger partial charge in [0.25, 0.3) is 11.8 Å². The zero-order valence-corrected chi connectivity index (χ0v) is 28.9. The lowest BCUT2D eigenvalue weighted by Crippen LogP contribution is -2.55. The zero-order chi connectivity index (χ0) is 33.7. The van der Waals surface area contributed by atoms with E-state index in [1.807, 2.05) is 35.9 Å². The molecule has 0 saturated carbocycles. The molecule has 1 unspecified atom stereocenters. The lowest BCUT2D eigenvalue weighted by molar-refractivity contribution is -0.158. The number of rotatable bonds is 13. The number of benzene rings is 2. The van der Waals surface area contributed by atoms with Gasteiger partial charge in [-0.25, -0.2) is 0 Å². The number of nitrogens with two attached hydrogens (primary N) is 1. The number of hydrogen-bond acceptors (Lipinski definition) is 6. The van der Waals surface area contributed by atoms with Crippen LogP contribution in [0.4, 0.5) is 0 Å². The average Bonchev–Trinajstić information content (AvgIpc) is 3.53. The summed E-state index contributed by atoms with van der Waals surface area (Å²) in [6.07, 6.45) is 5.23. The Balaban J connectivity index is 1.11. The Kier molecular flexibility index (Phi) is 10.6. The summed E-state index contributed by atoms with van der Waals surface area (Å²) in [7, 11) is -1.30. The number of ether oxygens (including phenoxy) is 1. The summed E-state index contributed by atoms with van der Waals surface area (Å²) >= 11 is 0. The van der Waals surface area contributed by atoms with Crippen LogP contribution in [0.3, 0.4) is 0 Å². The normalized spacial score (nSPS) is 16.5. The summed E-state index contributed by atoms with van der Waals surface area (Å²) in [5.41, 5.74) is 10.0. The Hall–Kier alpha value is -4.27. The van der Waals surface area contributed by atoms with Crippen molar-refractivity contribution in [2.45, 2.75) is 96.7 Å². The Morgan fingerprint density at radius 2 is 1.87 bits per heavy atom. The van der Waals surface area contributed by atoms with E-state index < -0.39 is 20.0 Å². The number of nitrogens with zero attached hydrogens (tertiary/aromatic N) is 4. The summed E-state index contributed by atoms with van der Waals surface area (Å²) in [6, 6.07) is 11.3. The molecule has 11 heteroatoms. The number of primary amides is 1. The van der Waals surface area contributed by atoms with Gasteiger partial charge in [0.2, 0.25) is 11.8 Å². The van der Waals surface area contributed by atoms with Crippen LogP contribution in [-0.4, -0.2) is 70.7 Å². The van der Waals surface area contributed by atoms with Gasteiger partial charge in [-0.15, -0.1) is 0 Å². The lowest BCUT2D eigenvalue weighted by Gasteiger charge is -2.35. The molecule has 0 bridgehead atoms.